The summed E-state index contributed by atoms with van der Waals surface area (Å²) in [5, 5.41) is 8.64. The smallest absolute Gasteiger partial charge is 0.328 e. The second kappa shape index (κ2) is 6.16. The molecular weight excluding hydrogens is 285 g/mol. The van der Waals surface area contributed by atoms with Crippen LogP contribution < -0.4 is 4.74 Å². The van der Waals surface area contributed by atoms with Gasteiger partial charge in [0.2, 0.25) is 5.88 Å². The fourth-order valence-electron chi connectivity index (χ4n) is 1.39. The molecule has 0 amide bonds. The van der Waals surface area contributed by atoms with Crippen molar-refractivity contribution in [1.82, 2.24) is 4.98 Å². The summed E-state index contributed by atoms with van der Waals surface area (Å²) >= 11 is 5.83. The Morgan fingerprint density at radius 1 is 1.35 bits per heavy atom. The van der Waals surface area contributed by atoms with Crippen molar-refractivity contribution in [3.63, 3.8) is 0 Å². The molecule has 0 aliphatic rings. The number of benzene rings is 1. The SMILES string of the molecule is O=C(O)/C=C/c1ccc(Oc2ccc(F)cc2Cl)nc1. The summed E-state index contributed by atoms with van der Waals surface area (Å²) < 4.78 is 18.3. The predicted molar refractivity (Wildman–Crippen MR) is 72.4 cm³/mol. The molecule has 0 saturated heterocycles. The highest BCUT2D eigenvalue weighted by atomic mass is 35.5. The van der Waals surface area contributed by atoms with E-state index in [0.717, 1.165) is 12.1 Å². The van der Waals surface area contributed by atoms with Crippen LogP contribution in [-0.2, 0) is 4.79 Å². The molecule has 4 nitrogen and oxygen atoms in total. The van der Waals surface area contributed by atoms with Gasteiger partial charge in [-0.3, -0.25) is 0 Å². The van der Waals surface area contributed by atoms with E-state index in [2.05, 4.69) is 4.98 Å². The number of aliphatic carboxylic acids is 1. The van der Waals surface area contributed by atoms with Crippen LogP contribution in [0.15, 0.2) is 42.6 Å². The number of halogens is 2. The van der Waals surface area contributed by atoms with Gasteiger partial charge in [0.15, 0.2) is 0 Å². The van der Waals surface area contributed by atoms with E-state index in [4.69, 9.17) is 21.4 Å². The molecule has 0 spiro atoms. The van der Waals surface area contributed by atoms with E-state index < -0.39 is 11.8 Å². The van der Waals surface area contributed by atoms with Gasteiger partial charge in [0.1, 0.15) is 11.6 Å². The molecule has 0 atom stereocenters. The number of carboxylic acids is 1. The van der Waals surface area contributed by atoms with Crippen LogP contribution in [0.25, 0.3) is 6.08 Å². The van der Waals surface area contributed by atoms with Gasteiger partial charge in [0, 0.05) is 18.3 Å². The van der Waals surface area contributed by atoms with Gasteiger partial charge in [-0.1, -0.05) is 11.6 Å². The lowest BCUT2D eigenvalue weighted by molar-refractivity contribution is -0.131. The van der Waals surface area contributed by atoms with Crippen molar-refractivity contribution in [1.29, 1.82) is 0 Å². The van der Waals surface area contributed by atoms with E-state index in [1.165, 1.54) is 24.4 Å². The van der Waals surface area contributed by atoms with Gasteiger partial charge in [-0.2, -0.15) is 0 Å². The first-order chi connectivity index (χ1) is 9.54. The largest absolute Gasteiger partial charge is 0.478 e. The topological polar surface area (TPSA) is 59.4 Å². The minimum Gasteiger partial charge on any atom is -0.478 e. The molecule has 102 valence electrons. The number of carboxylic acid groups (broad SMARTS) is 1. The van der Waals surface area contributed by atoms with Crippen molar-refractivity contribution < 1.29 is 19.0 Å². The minimum absolute atomic E-state index is 0.140. The molecule has 2 aromatic rings. The van der Waals surface area contributed by atoms with Gasteiger partial charge < -0.3 is 9.84 Å². The molecule has 6 heteroatoms. The Kier molecular flexibility index (Phi) is 4.32. The van der Waals surface area contributed by atoms with Crippen LogP contribution in [0, 0.1) is 5.82 Å². The van der Waals surface area contributed by atoms with Crippen molar-refractivity contribution >= 4 is 23.6 Å². The third-order valence-electron chi connectivity index (χ3n) is 2.29. The predicted octanol–water partition coefficient (Wildman–Crippen LogP) is 3.76. The van der Waals surface area contributed by atoms with Crippen LogP contribution in [0.2, 0.25) is 5.02 Å². The zero-order valence-corrected chi connectivity index (χ0v) is 10.8. The Morgan fingerprint density at radius 3 is 2.75 bits per heavy atom. The quantitative estimate of drug-likeness (QED) is 0.872. The lowest BCUT2D eigenvalue weighted by Gasteiger charge is -2.06. The Morgan fingerprint density at radius 2 is 2.15 bits per heavy atom. The van der Waals surface area contributed by atoms with Crippen molar-refractivity contribution in [2.24, 2.45) is 0 Å². The summed E-state index contributed by atoms with van der Waals surface area (Å²) in [6.45, 7) is 0. The first-order valence-electron chi connectivity index (χ1n) is 5.54. The monoisotopic (exact) mass is 293 g/mol. The van der Waals surface area contributed by atoms with Gasteiger partial charge in [-0.05, 0) is 35.9 Å². The maximum atomic E-state index is 12.9. The van der Waals surface area contributed by atoms with E-state index in [9.17, 15) is 9.18 Å². The number of hydrogen-bond acceptors (Lipinski definition) is 3. The van der Waals surface area contributed by atoms with Crippen molar-refractivity contribution in [3.8, 4) is 11.6 Å². The number of rotatable bonds is 4. The number of aromatic nitrogens is 1. The minimum atomic E-state index is -1.04. The van der Waals surface area contributed by atoms with Crippen LogP contribution in [0.4, 0.5) is 4.39 Å². The van der Waals surface area contributed by atoms with Crippen molar-refractivity contribution in [3.05, 3.63) is 59.0 Å². The second-order valence-electron chi connectivity index (χ2n) is 3.78. The first-order valence-corrected chi connectivity index (χ1v) is 5.92. The van der Waals surface area contributed by atoms with Crippen LogP contribution in [0.1, 0.15) is 5.56 Å². The van der Waals surface area contributed by atoms with Gasteiger partial charge in [0.25, 0.3) is 0 Å². The second-order valence-corrected chi connectivity index (χ2v) is 4.19. The van der Waals surface area contributed by atoms with Gasteiger partial charge in [-0.25, -0.2) is 14.2 Å². The molecule has 0 aliphatic heterocycles. The molecule has 0 radical (unpaired) electrons. The molecule has 1 aromatic carbocycles. The van der Waals surface area contributed by atoms with Crippen LogP contribution in [-0.4, -0.2) is 16.1 Å². The van der Waals surface area contributed by atoms with E-state index >= 15 is 0 Å². The highest BCUT2D eigenvalue weighted by molar-refractivity contribution is 6.32. The van der Waals surface area contributed by atoms with E-state index in [0.29, 0.717) is 5.56 Å². The molecule has 1 heterocycles. The highest BCUT2D eigenvalue weighted by Crippen LogP contribution is 2.28. The Balaban J connectivity index is 2.12. The van der Waals surface area contributed by atoms with Crippen molar-refractivity contribution in [2.75, 3.05) is 0 Å². The fraction of sp³-hybridized carbons (Fsp3) is 0. The molecule has 0 aliphatic carbocycles. The summed E-state index contributed by atoms with van der Waals surface area (Å²) in [7, 11) is 0. The van der Waals surface area contributed by atoms with Gasteiger partial charge >= 0.3 is 5.97 Å². The Hall–Kier alpha value is -2.40. The average molecular weight is 294 g/mol. The molecule has 20 heavy (non-hydrogen) atoms. The maximum absolute atomic E-state index is 12.9. The van der Waals surface area contributed by atoms with E-state index in [1.54, 1.807) is 12.1 Å². The third kappa shape index (κ3) is 3.80. The molecule has 0 bridgehead atoms. The van der Waals surface area contributed by atoms with Crippen LogP contribution >= 0.6 is 11.6 Å². The van der Waals surface area contributed by atoms with Gasteiger partial charge in [0.05, 0.1) is 5.02 Å². The normalized spacial score (nSPS) is 10.7. The standard InChI is InChI=1S/C14H9ClFNO3/c15-11-7-10(16)3-4-12(11)20-13-5-1-9(8-17-13)2-6-14(18)19/h1-8H,(H,18,19)/b6-2+. The number of pyridine rings is 1. The average Bonchev–Trinajstić information content (AvgIpc) is 2.41. The van der Waals surface area contributed by atoms with Gasteiger partial charge in [-0.15, -0.1) is 0 Å². The zero-order valence-electron chi connectivity index (χ0n) is 10.1. The Labute approximate surface area is 119 Å². The highest BCUT2D eigenvalue weighted by Gasteiger charge is 2.05. The summed E-state index contributed by atoms with van der Waals surface area (Å²) in [6.07, 6.45) is 3.87. The number of hydrogen-bond donors (Lipinski definition) is 1. The molecule has 1 N–H and O–H groups in total. The summed E-state index contributed by atoms with van der Waals surface area (Å²) in [4.78, 5) is 14.4. The van der Waals surface area contributed by atoms with Crippen LogP contribution in [0.3, 0.4) is 0 Å². The van der Waals surface area contributed by atoms with E-state index in [1.807, 2.05) is 0 Å². The third-order valence-corrected chi connectivity index (χ3v) is 2.58. The lowest BCUT2D eigenvalue weighted by Crippen LogP contribution is -1.90. The number of carbonyl (C=O) groups is 1. The van der Waals surface area contributed by atoms with Crippen LogP contribution in [0.5, 0.6) is 11.6 Å². The number of nitrogens with zero attached hydrogens (tertiary/aromatic N) is 1. The van der Waals surface area contributed by atoms with E-state index in [-0.39, 0.29) is 16.7 Å². The summed E-state index contributed by atoms with van der Waals surface area (Å²) in [5.74, 6) is -0.937. The Bertz CT molecular complexity index is 656. The maximum Gasteiger partial charge on any atom is 0.328 e. The first kappa shape index (κ1) is 14.0. The fourth-order valence-corrected chi connectivity index (χ4v) is 1.59. The molecule has 0 fully saturated rings. The van der Waals surface area contributed by atoms with Crippen molar-refractivity contribution in [2.45, 2.75) is 0 Å². The molecular formula is C14H9ClFNO3. The molecule has 1 aromatic heterocycles. The summed E-state index contributed by atoms with van der Waals surface area (Å²) in [6, 6.07) is 6.96. The zero-order chi connectivity index (χ0) is 14.5. The molecule has 0 unspecified atom stereocenters. The lowest BCUT2D eigenvalue weighted by atomic mass is 10.2. The molecule has 0 saturated carbocycles. The molecule has 2 rings (SSSR count). The summed E-state index contributed by atoms with van der Waals surface area (Å²) in [5.41, 5.74) is 0.616. The number of ether oxygens (including phenoxy) is 1.